The van der Waals surface area contributed by atoms with Crippen LogP contribution in [0.5, 0.6) is 0 Å². The number of benzene rings is 1. The van der Waals surface area contributed by atoms with Gasteiger partial charge in [-0.15, -0.1) is 18.3 Å². The van der Waals surface area contributed by atoms with Crippen LogP contribution in [0, 0.1) is 0 Å². The van der Waals surface area contributed by atoms with Gasteiger partial charge in [-0.05, 0) is 34.9 Å². The molecule has 0 spiro atoms. The van der Waals surface area contributed by atoms with Crippen molar-refractivity contribution in [3.05, 3.63) is 35.7 Å². The summed E-state index contributed by atoms with van der Waals surface area (Å²) in [7, 11) is 0. The highest BCUT2D eigenvalue weighted by Gasteiger charge is 2.56. The smallest absolute Gasteiger partial charge is 0.350 e. The molecule has 12 heteroatoms. The van der Waals surface area contributed by atoms with Crippen molar-refractivity contribution in [2.45, 2.75) is 43.9 Å². The fourth-order valence-electron chi connectivity index (χ4n) is 3.33. The second-order valence-corrected chi connectivity index (χ2v) is 6.44. The van der Waals surface area contributed by atoms with Crippen LogP contribution in [-0.2, 0) is 31.1 Å². The number of fused-ring (bicyclic) bond motifs is 3. The molecule has 2 aromatic rings. The standard InChI is InChI=1S/C16H16F3N5O4/c17-16(18,19)28-15(14(25)21-27-12-7-3-4-8-26-12)9-10-5-1-2-6-11(10)24-13(15)20-22-23-24/h1-2,5-6,12H,3-4,7-9H2,(H,21,25). The third-order valence-corrected chi connectivity index (χ3v) is 4.57. The quantitative estimate of drug-likeness (QED) is 0.778. The maximum absolute atomic E-state index is 13.3. The Bertz CT molecular complexity index is 868. The van der Waals surface area contributed by atoms with Gasteiger partial charge in [-0.3, -0.25) is 9.53 Å². The predicted molar refractivity (Wildman–Crippen MR) is 84.5 cm³/mol. The van der Waals surface area contributed by atoms with Crippen LogP contribution < -0.4 is 5.48 Å². The summed E-state index contributed by atoms with van der Waals surface area (Å²) >= 11 is 0. The number of rotatable bonds is 4. The molecular weight excluding hydrogens is 383 g/mol. The lowest BCUT2D eigenvalue weighted by atomic mass is 9.88. The Morgan fingerprint density at radius 2 is 2.14 bits per heavy atom. The average molecular weight is 399 g/mol. The van der Waals surface area contributed by atoms with E-state index in [1.54, 1.807) is 24.3 Å². The van der Waals surface area contributed by atoms with Crippen molar-refractivity contribution in [1.82, 2.24) is 25.7 Å². The normalized spacial score (nSPS) is 24.3. The van der Waals surface area contributed by atoms with E-state index in [9.17, 15) is 18.0 Å². The van der Waals surface area contributed by atoms with E-state index in [-0.39, 0.29) is 0 Å². The van der Waals surface area contributed by atoms with E-state index in [2.05, 4.69) is 20.3 Å². The first kappa shape index (κ1) is 18.8. The van der Waals surface area contributed by atoms with Crippen LogP contribution in [0.1, 0.15) is 30.7 Å². The van der Waals surface area contributed by atoms with Gasteiger partial charge in [0.1, 0.15) is 0 Å². The third kappa shape index (κ3) is 3.45. The first-order valence-electron chi connectivity index (χ1n) is 8.61. The van der Waals surface area contributed by atoms with Crippen LogP contribution in [0.15, 0.2) is 24.3 Å². The zero-order valence-electron chi connectivity index (χ0n) is 14.5. The molecule has 1 saturated heterocycles. The van der Waals surface area contributed by atoms with Gasteiger partial charge in [-0.1, -0.05) is 18.2 Å². The van der Waals surface area contributed by atoms with Crippen molar-refractivity contribution >= 4 is 5.91 Å². The maximum atomic E-state index is 13.3. The van der Waals surface area contributed by atoms with Gasteiger partial charge in [0.25, 0.3) is 5.91 Å². The fourth-order valence-corrected chi connectivity index (χ4v) is 3.33. The van der Waals surface area contributed by atoms with E-state index in [4.69, 9.17) is 9.57 Å². The number of ether oxygens (including phenoxy) is 2. The summed E-state index contributed by atoms with van der Waals surface area (Å²) in [4.78, 5) is 18.1. The highest BCUT2D eigenvalue weighted by molar-refractivity contribution is 5.86. The summed E-state index contributed by atoms with van der Waals surface area (Å²) in [6, 6.07) is 6.53. The first-order chi connectivity index (χ1) is 13.4. The molecule has 28 heavy (non-hydrogen) atoms. The van der Waals surface area contributed by atoms with E-state index < -0.39 is 36.4 Å². The molecule has 4 rings (SSSR count). The highest BCUT2D eigenvalue weighted by Crippen LogP contribution is 2.40. The number of amides is 1. The Labute approximate surface area is 156 Å². The molecule has 1 fully saturated rings. The average Bonchev–Trinajstić information content (AvgIpc) is 3.17. The minimum Gasteiger partial charge on any atom is -0.350 e. The summed E-state index contributed by atoms with van der Waals surface area (Å²) in [5.41, 5.74) is 0.377. The van der Waals surface area contributed by atoms with Crippen molar-refractivity contribution in [1.29, 1.82) is 0 Å². The van der Waals surface area contributed by atoms with Gasteiger partial charge in [0.05, 0.1) is 5.69 Å². The number of nitrogens with zero attached hydrogens (tertiary/aromatic N) is 4. The van der Waals surface area contributed by atoms with Crippen LogP contribution in [0.25, 0.3) is 5.69 Å². The van der Waals surface area contributed by atoms with Crippen LogP contribution in [-0.4, -0.2) is 45.4 Å². The fraction of sp³-hybridized carbons (Fsp3) is 0.500. The molecule has 2 aliphatic heterocycles. The van der Waals surface area contributed by atoms with Crippen molar-refractivity contribution < 1.29 is 32.3 Å². The largest absolute Gasteiger partial charge is 0.524 e. The number of aromatic nitrogens is 4. The van der Waals surface area contributed by atoms with E-state index in [0.717, 1.165) is 17.5 Å². The van der Waals surface area contributed by atoms with E-state index in [0.29, 0.717) is 24.3 Å². The Kier molecular flexibility index (Phi) is 4.77. The van der Waals surface area contributed by atoms with Crippen LogP contribution in [0.4, 0.5) is 13.2 Å². The molecule has 0 aliphatic carbocycles. The molecule has 150 valence electrons. The lowest BCUT2D eigenvalue weighted by Gasteiger charge is -2.35. The molecule has 0 radical (unpaired) electrons. The van der Waals surface area contributed by atoms with Gasteiger partial charge in [0, 0.05) is 19.4 Å². The van der Waals surface area contributed by atoms with Crippen molar-refractivity contribution in [2.24, 2.45) is 0 Å². The Hall–Kier alpha value is -2.57. The minimum absolute atomic E-state index is 0.394. The Balaban J connectivity index is 1.68. The van der Waals surface area contributed by atoms with Crippen molar-refractivity contribution in [2.75, 3.05) is 6.61 Å². The molecule has 1 aromatic carbocycles. The number of alkyl halides is 3. The summed E-state index contributed by atoms with van der Waals surface area (Å²) in [5, 5.41) is 10.8. The minimum atomic E-state index is -5.12. The lowest BCUT2D eigenvalue weighted by Crippen LogP contribution is -2.54. The Morgan fingerprint density at radius 1 is 1.32 bits per heavy atom. The number of hydrogen-bond acceptors (Lipinski definition) is 7. The second-order valence-electron chi connectivity index (χ2n) is 6.44. The van der Waals surface area contributed by atoms with E-state index in [1.165, 1.54) is 0 Å². The number of hydrogen-bond donors (Lipinski definition) is 1. The van der Waals surface area contributed by atoms with Gasteiger partial charge < -0.3 is 4.74 Å². The topological polar surface area (TPSA) is 100 Å². The number of carbonyl (C=O) groups excluding carboxylic acids is 1. The number of tetrazole rings is 1. The van der Waals surface area contributed by atoms with Crippen LogP contribution >= 0.6 is 0 Å². The number of halogens is 3. The molecular formula is C16H16F3N5O4. The molecule has 2 atom stereocenters. The molecule has 1 amide bonds. The maximum Gasteiger partial charge on any atom is 0.524 e. The van der Waals surface area contributed by atoms with Crippen LogP contribution in [0.2, 0.25) is 0 Å². The molecule has 3 heterocycles. The molecule has 2 unspecified atom stereocenters. The van der Waals surface area contributed by atoms with Gasteiger partial charge in [0.2, 0.25) is 5.60 Å². The summed E-state index contributed by atoms with van der Waals surface area (Å²) in [6.07, 6.45) is -4.12. The number of carbonyl (C=O) groups is 1. The Morgan fingerprint density at radius 3 is 2.89 bits per heavy atom. The number of para-hydroxylation sites is 1. The molecule has 1 N–H and O–H groups in total. The van der Waals surface area contributed by atoms with Gasteiger partial charge in [-0.2, -0.15) is 4.68 Å². The number of nitrogens with one attached hydrogen (secondary N) is 1. The SMILES string of the molecule is O=C(NOC1CCCCO1)C1(OC(F)(F)F)Cc2ccccc2-n2nnnc21. The zero-order chi connectivity index (χ0) is 19.8. The van der Waals surface area contributed by atoms with E-state index >= 15 is 0 Å². The lowest BCUT2D eigenvalue weighted by molar-refractivity contribution is -0.366. The predicted octanol–water partition coefficient (Wildman–Crippen LogP) is 1.52. The second kappa shape index (κ2) is 7.11. The van der Waals surface area contributed by atoms with Crippen molar-refractivity contribution in [3.8, 4) is 5.69 Å². The van der Waals surface area contributed by atoms with Crippen molar-refractivity contribution in [3.63, 3.8) is 0 Å². The monoisotopic (exact) mass is 399 g/mol. The molecule has 9 nitrogen and oxygen atoms in total. The summed E-state index contributed by atoms with van der Waals surface area (Å²) < 4.78 is 50.5. The highest BCUT2D eigenvalue weighted by atomic mass is 19.4. The number of hydroxylamine groups is 1. The molecule has 0 bridgehead atoms. The molecule has 1 aromatic heterocycles. The van der Waals surface area contributed by atoms with Gasteiger partial charge in [0.15, 0.2) is 12.1 Å². The molecule has 2 aliphatic rings. The molecule has 0 saturated carbocycles. The zero-order valence-corrected chi connectivity index (χ0v) is 14.5. The van der Waals surface area contributed by atoms with E-state index in [1.807, 2.05) is 5.48 Å². The first-order valence-corrected chi connectivity index (χ1v) is 8.61. The third-order valence-electron chi connectivity index (χ3n) is 4.57. The van der Waals surface area contributed by atoms with Gasteiger partial charge >= 0.3 is 6.36 Å². The van der Waals surface area contributed by atoms with Crippen LogP contribution in [0.3, 0.4) is 0 Å². The van der Waals surface area contributed by atoms with Gasteiger partial charge in [-0.25, -0.2) is 10.3 Å². The summed E-state index contributed by atoms with van der Waals surface area (Å²) in [5.74, 6) is -1.57. The summed E-state index contributed by atoms with van der Waals surface area (Å²) in [6.45, 7) is 0.441.